The smallest absolute Gasteiger partial charge is 0.124 e. The van der Waals surface area contributed by atoms with Crippen LogP contribution < -0.4 is 4.74 Å². The number of hydrogen-bond acceptors (Lipinski definition) is 4. The number of benzene rings is 1. The van der Waals surface area contributed by atoms with Crippen LogP contribution in [0.2, 0.25) is 0 Å². The number of nitrogens with zero attached hydrogens (tertiary/aromatic N) is 2. The fourth-order valence-corrected chi connectivity index (χ4v) is 2.74. The van der Waals surface area contributed by atoms with E-state index < -0.39 is 0 Å². The van der Waals surface area contributed by atoms with Gasteiger partial charge in [-0.25, -0.2) is 0 Å². The van der Waals surface area contributed by atoms with E-state index in [-0.39, 0.29) is 6.10 Å². The predicted octanol–water partition coefficient (Wildman–Crippen LogP) is 2.64. The maximum absolute atomic E-state index is 5.95. The van der Waals surface area contributed by atoms with E-state index in [1.807, 2.05) is 29.1 Å². The van der Waals surface area contributed by atoms with Gasteiger partial charge in [-0.05, 0) is 35.6 Å². The lowest BCUT2D eigenvalue weighted by Crippen LogP contribution is -2.33. The third kappa shape index (κ3) is 3.80. The molecule has 2 aromatic rings. The van der Waals surface area contributed by atoms with Crippen LogP contribution in [0.5, 0.6) is 5.75 Å². The SMILES string of the molecule is Cc1c(I)cnn1Cc1ccccc1OCC1COCCO1. The van der Waals surface area contributed by atoms with Crippen LogP contribution in [0.25, 0.3) is 0 Å². The maximum Gasteiger partial charge on any atom is 0.124 e. The number of halogens is 1. The summed E-state index contributed by atoms with van der Waals surface area (Å²) in [6.07, 6.45) is 1.89. The van der Waals surface area contributed by atoms with Gasteiger partial charge >= 0.3 is 0 Å². The molecule has 0 amide bonds. The summed E-state index contributed by atoms with van der Waals surface area (Å²) in [7, 11) is 0. The van der Waals surface area contributed by atoms with Gasteiger partial charge in [0.2, 0.25) is 0 Å². The molecule has 0 spiro atoms. The Kier molecular flexibility index (Phi) is 5.32. The van der Waals surface area contributed by atoms with Gasteiger partial charge in [-0.1, -0.05) is 18.2 Å². The Morgan fingerprint density at radius 2 is 2.23 bits per heavy atom. The van der Waals surface area contributed by atoms with Crippen LogP contribution in [0.1, 0.15) is 11.3 Å². The second-order valence-corrected chi connectivity index (χ2v) is 6.38. The second kappa shape index (κ2) is 7.43. The zero-order valence-electron chi connectivity index (χ0n) is 12.5. The Labute approximate surface area is 143 Å². The molecule has 1 aromatic heterocycles. The Bertz CT molecular complexity index is 624. The average Bonchev–Trinajstić information content (AvgIpc) is 2.87. The normalized spacial score (nSPS) is 18.4. The summed E-state index contributed by atoms with van der Waals surface area (Å²) in [5.41, 5.74) is 2.28. The summed E-state index contributed by atoms with van der Waals surface area (Å²) in [6, 6.07) is 8.06. The molecule has 6 heteroatoms. The minimum absolute atomic E-state index is 0.00851. The van der Waals surface area contributed by atoms with Gasteiger partial charge in [0.05, 0.1) is 36.1 Å². The lowest BCUT2D eigenvalue weighted by molar-refractivity contribution is -0.101. The molecule has 1 aromatic carbocycles. The molecule has 3 rings (SSSR count). The van der Waals surface area contributed by atoms with E-state index >= 15 is 0 Å². The lowest BCUT2D eigenvalue weighted by Gasteiger charge is -2.23. The molecule has 2 heterocycles. The summed E-state index contributed by atoms with van der Waals surface area (Å²) in [5.74, 6) is 0.876. The Morgan fingerprint density at radius 3 is 2.95 bits per heavy atom. The molecule has 5 nitrogen and oxygen atoms in total. The number of aromatic nitrogens is 2. The van der Waals surface area contributed by atoms with E-state index in [9.17, 15) is 0 Å². The summed E-state index contributed by atoms with van der Waals surface area (Å²) in [5, 5.41) is 4.41. The van der Waals surface area contributed by atoms with Gasteiger partial charge in [0.1, 0.15) is 18.5 Å². The van der Waals surface area contributed by atoms with E-state index in [0.29, 0.717) is 33.0 Å². The van der Waals surface area contributed by atoms with Crippen LogP contribution in [0, 0.1) is 10.5 Å². The van der Waals surface area contributed by atoms with Gasteiger partial charge in [0.15, 0.2) is 0 Å². The average molecular weight is 414 g/mol. The molecular formula is C16H19IN2O3. The third-order valence-corrected chi connectivity index (χ3v) is 4.70. The minimum Gasteiger partial charge on any atom is -0.490 e. The van der Waals surface area contributed by atoms with E-state index in [4.69, 9.17) is 14.2 Å². The van der Waals surface area contributed by atoms with Gasteiger partial charge in [-0.2, -0.15) is 5.10 Å². The van der Waals surface area contributed by atoms with Crippen molar-refractivity contribution in [3.8, 4) is 5.75 Å². The van der Waals surface area contributed by atoms with Crippen LogP contribution in [0.4, 0.5) is 0 Å². The van der Waals surface area contributed by atoms with Crippen LogP contribution in [-0.4, -0.2) is 42.3 Å². The Hall–Kier alpha value is -1.12. The number of hydrogen-bond donors (Lipinski definition) is 0. The molecule has 1 atom stereocenters. The number of rotatable bonds is 5. The molecule has 1 aliphatic rings. The standard InChI is InChI=1S/C16H19IN2O3/c1-12-15(17)8-18-19(12)9-13-4-2-3-5-16(13)22-11-14-10-20-6-7-21-14/h2-5,8,14H,6-7,9-11H2,1H3. The Morgan fingerprint density at radius 1 is 1.36 bits per heavy atom. The molecule has 1 aliphatic heterocycles. The van der Waals surface area contributed by atoms with Crippen LogP contribution >= 0.6 is 22.6 Å². The van der Waals surface area contributed by atoms with Crippen molar-refractivity contribution in [2.45, 2.75) is 19.6 Å². The van der Waals surface area contributed by atoms with Crippen LogP contribution in [0.15, 0.2) is 30.5 Å². The van der Waals surface area contributed by atoms with Crippen molar-refractivity contribution in [2.75, 3.05) is 26.4 Å². The van der Waals surface area contributed by atoms with Gasteiger partial charge in [-0.3, -0.25) is 4.68 Å². The van der Waals surface area contributed by atoms with Crippen molar-refractivity contribution in [2.24, 2.45) is 0 Å². The molecule has 0 saturated carbocycles. The summed E-state index contributed by atoms with van der Waals surface area (Å²) >= 11 is 2.30. The van der Waals surface area contributed by atoms with Crippen molar-refractivity contribution in [3.63, 3.8) is 0 Å². The fraction of sp³-hybridized carbons (Fsp3) is 0.438. The van der Waals surface area contributed by atoms with Crippen molar-refractivity contribution >= 4 is 22.6 Å². The first-order chi connectivity index (χ1) is 10.7. The topological polar surface area (TPSA) is 45.5 Å². The van der Waals surface area contributed by atoms with Crippen LogP contribution in [-0.2, 0) is 16.0 Å². The summed E-state index contributed by atoms with van der Waals surface area (Å²) in [6.45, 7) is 5.19. The predicted molar refractivity (Wildman–Crippen MR) is 91.3 cm³/mol. The molecule has 0 N–H and O–H groups in total. The molecule has 0 bridgehead atoms. The number of ether oxygens (including phenoxy) is 3. The molecule has 118 valence electrons. The molecule has 1 saturated heterocycles. The Balaban J connectivity index is 1.68. The third-order valence-electron chi connectivity index (χ3n) is 3.65. The van der Waals surface area contributed by atoms with Gasteiger partial charge in [0.25, 0.3) is 0 Å². The van der Waals surface area contributed by atoms with Gasteiger partial charge < -0.3 is 14.2 Å². The largest absolute Gasteiger partial charge is 0.490 e. The molecular weight excluding hydrogens is 395 g/mol. The maximum atomic E-state index is 5.95. The van der Waals surface area contributed by atoms with Gasteiger partial charge in [0, 0.05) is 11.3 Å². The van der Waals surface area contributed by atoms with E-state index in [0.717, 1.165) is 11.3 Å². The van der Waals surface area contributed by atoms with E-state index in [1.54, 1.807) is 0 Å². The zero-order chi connectivity index (χ0) is 15.4. The second-order valence-electron chi connectivity index (χ2n) is 5.22. The monoisotopic (exact) mass is 414 g/mol. The summed E-state index contributed by atoms with van der Waals surface area (Å²) in [4.78, 5) is 0. The van der Waals surface area contributed by atoms with Crippen molar-refractivity contribution in [3.05, 3.63) is 45.3 Å². The van der Waals surface area contributed by atoms with Crippen LogP contribution in [0.3, 0.4) is 0 Å². The van der Waals surface area contributed by atoms with Gasteiger partial charge in [-0.15, -0.1) is 0 Å². The van der Waals surface area contributed by atoms with Crippen molar-refractivity contribution in [1.29, 1.82) is 0 Å². The summed E-state index contributed by atoms with van der Waals surface area (Å²) < 4.78 is 20.1. The molecule has 1 fully saturated rings. The van der Waals surface area contributed by atoms with E-state index in [1.165, 1.54) is 9.26 Å². The minimum atomic E-state index is 0.00851. The molecule has 1 unspecified atom stereocenters. The zero-order valence-corrected chi connectivity index (χ0v) is 14.7. The molecule has 0 aliphatic carbocycles. The highest BCUT2D eigenvalue weighted by Gasteiger charge is 2.16. The highest BCUT2D eigenvalue weighted by Crippen LogP contribution is 2.21. The van der Waals surface area contributed by atoms with Crippen molar-refractivity contribution < 1.29 is 14.2 Å². The quantitative estimate of drug-likeness (QED) is 0.706. The lowest BCUT2D eigenvalue weighted by atomic mass is 10.2. The highest BCUT2D eigenvalue weighted by molar-refractivity contribution is 14.1. The van der Waals surface area contributed by atoms with E-state index in [2.05, 4.69) is 40.7 Å². The first-order valence-corrected chi connectivity index (χ1v) is 8.40. The molecule has 0 radical (unpaired) electrons. The highest BCUT2D eigenvalue weighted by atomic mass is 127. The first kappa shape index (κ1) is 15.8. The van der Waals surface area contributed by atoms with Crippen molar-refractivity contribution in [1.82, 2.24) is 9.78 Å². The number of para-hydroxylation sites is 1. The first-order valence-electron chi connectivity index (χ1n) is 7.32. The fourth-order valence-electron chi connectivity index (χ4n) is 2.34. The molecule has 22 heavy (non-hydrogen) atoms.